The van der Waals surface area contributed by atoms with Crippen molar-refractivity contribution in [1.29, 1.82) is 0 Å². The molecule has 0 heterocycles. The zero-order chi connectivity index (χ0) is 14.3. The summed E-state index contributed by atoms with van der Waals surface area (Å²) in [5, 5.41) is 0. The summed E-state index contributed by atoms with van der Waals surface area (Å²) in [6.07, 6.45) is 1.55. The minimum absolute atomic E-state index is 0.0688. The maximum atomic E-state index is 12.5. The molecule has 0 unspecified atom stereocenters. The van der Waals surface area contributed by atoms with Crippen LogP contribution in [0.5, 0.6) is 0 Å². The van der Waals surface area contributed by atoms with E-state index in [1.54, 1.807) is 0 Å². The number of hydrogen-bond donors (Lipinski definition) is 0. The lowest BCUT2D eigenvalue weighted by Crippen LogP contribution is -2.21. The van der Waals surface area contributed by atoms with Crippen molar-refractivity contribution in [3.8, 4) is 0 Å². The van der Waals surface area contributed by atoms with E-state index in [1.807, 2.05) is 48.5 Å². The summed E-state index contributed by atoms with van der Waals surface area (Å²) in [6.45, 7) is 14.1. The summed E-state index contributed by atoms with van der Waals surface area (Å²) in [5.41, 5.74) is 1.02. The first-order valence-corrected chi connectivity index (χ1v) is 6.85. The van der Waals surface area contributed by atoms with Gasteiger partial charge in [0.25, 0.3) is 0 Å². The minimum Gasteiger partial charge on any atom is -0.294 e. The second kappa shape index (κ2) is 4.64. The van der Waals surface area contributed by atoms with Gasteiger partial charge in [-0.3, -0.25) is 9.59 Å². The van der Waals surface area contributed by atoms with E-state index < -0.39 is 5.92 Å². The standard InChI is InChI=1S/C16H26O2/c1-8-9-10-13(17)11(15(2,3)4)12(14(10)18)16(5,6)7/h10H,8-9H2,1-7H3. The number of ketones is 2. The third-order valence-corrected chi connectivity index (χ3v) is 3.45. The van der Waals surface area contributed by atoms with Crippen molar-refractivity contribution < 1.29 is 9.59 Å². The molecule has 18 heavy (non-hydrogen) atoms. The molecule has 0 fully saturated rings. The Balaban J connectivity index is 3.40. The number of hydrogen-bond acceptors (Lipinski definition) is 2. The predicted molar refractivity (Wildman–Crippen MR) is 74.3 cm³/mol. The van der Waals surface area contributed by atoms with Gasteiger partial charge in [0.15, 0.2) is 11.6 Å². The van der Waals surface area contributed by atoms with Crippen molar-refractivity contribution in [1.82, 2.24) is 0 Å². The third kappa shape index (κ3) is 2.57. The Labute approximate surface area is 111 Å². The molecule has 1 aliphatic carbocycles. The Morgan fingerprint density at radius 3 is 1.39 bits per heavy atom. The minimum atomic E-state index is -0.418. The van der Waals surface area contributed by atoms with Crippen LogP contribution in [-0.2, 0) is 9.59 Å². The molecule has 0 spiro atoms. The molecule has 0 aliphatic heterocycles. The van der Waals surface area contributed by atoms with Gasteiger partial charge in [-0.05, 0) is 17.3 Å². The van der Waals surface area contributed by atoms with Crippen LogP contribution in [0.2, 0.25) is 0 Å². The molecule has 0 atom stereocenters. The van der Waals surface area contributed by atoms with Crippen molar-refractivity contribution in [2.75, 3.05) is 0 Å². The Morgan fingerprint density at radius 1 is 0.833 bits per heavy atom. The summed E-state index contributed by atoms with van der Waals surface area (Å²) in [7, 11) is 0. The second-order valence-electron chi connectivity index (χ2n) is 7.32. The van der Waals surface area contributed by atoms with E-state index in [0.717, 1.165) is 17.6 Å². The fourth-order valence-corrected chi connectivity index (χ4v) is 2.75. The highest BCUT2D eigenvalue weighted by Crippen LogP contribution is 2.45. The highest BCUT2D eigenvalue weighted by atomic mass is 16.2. The zero-order valence-electron chi connectivity index (χ0n) is 12.8. The lowest BCUT2D eigenvalue weighted by Gasteiger charge is -2.27. The molecule has 0 amide bonds. The van der Waals surface area contributed by atoms with Crippen LogP contribution < -0.4 is 0 Å². The number of carbonyl (C=O) groups excluding carboxylic acids is 2. The Bertz CT molecular complexity index is 364. The summed E-state index contributed by atoms with van der Waals surface area (Å²) >= 11 is 0. The molecule has 1 rings (SSSR count). The first kappa shape index (κ1) is 15.1. The van der Waals surface area contributed by atoms with Gasteiger partial charge in [0, 0.05) is 11.1 Å². The lowest BCUT2D eigenvalue weighted by molar-refractivity contribution is -0.127. The quantitative estimate of drug-likeness (QED) is 0.696. The Kier molecular flexibility index (Phi) is 3.90. The maximum absolute atomic E-state index is 12.5. The van der Waals surface area contributed by atoms with Crippen LogP contribution in [0.1, 0.15) is 61.3 Å². The van der Waals surface area contributed by atoms with Crippen LogP contribution in [0.15, 0.2) is 11.1 Å². The van der Waals surface area contributed by atoms with E-state index in [9.17, 15) is 9.59 Å². The Hall–Kier alpha value is -0.920. The monoisotopic (exact) mass is 250 g/mol. The molecule has 0 aromatic carbocycles. The lowest BCUT2D eigenvalue weighted by atomic mass is 9.76. The van der Waals surface area contributed by atoms with Crippen LogP contribution in [0, 0.1) is 16.7 Å². The fraction of sp³-hybridized carbons (Fsp3) is 0.750. The van der Waals surface area contributed by atoms with Crippen molar-refractivity contribution in [3.63, 3.8) is 0 Å². The first-order chi connectivity index (χ1) is 8.01. The van der Waals surface area contributed by atoms with Gasteiger partial charge in [-0.1, -0.05) is 54.9 Å². The molecule has 1 aliphatic rings. The molecule has 0 aromatic rings. The molecular formula is C16H26O2. The van der Waals surface area contributed by atoms with Crippen LogP contribution in [0.25, 0.3) is 0 Å². The number of rotatable bonds is 2. The average Bonchev–Trinajstić information content (AvgIpc) is 2.40. The number of carbonyl (C=O) groups is 2. The second-order valence-corrected chi connectivity index (χ2v) is 7.32. The molecule has 0 N–H and O–H groups in total. The molecule has 0 saturated heterocycles. The molecule has 2 nitrogen and oxygen atoms in total. The smallest absolute Gasteiger partial charge is 0.170 e. The normalized spacial score (nSPS) is 19.1. The van der Waals surface area contributed by atoms with Gasteiger partial charge in [0.2, 0.25) is 0 Å². The Morgan fingerprint density at radius 2 is 1.17 bits per heavy atom. The van der Waals surface area contributed by atoms with Crippen molar-refractivity contribution in [2.24, 2.45) is 16.7 Å². The van der Waals surface area contributed by atoms with Gasteiger partial charge in [-0.2, -0.15) is 0 Å². The van der Waals surface area contributed by atoms with E-state index in [-0.39, 0.29) is 22.4 Å². The summed E-state index contributed by atoms with van der Waals surface area (Å²) in [6, 6.07) is 0. The zero-order valence-corrected chi connectivity index (χ0v) is 12.8. The molecule has 0 bridgehead atoms. The van der Waals surface area contributed by atoms with Crippen LogP contribution in [0.3, 0.4) is 0 Å². The number of allylic oxidation sites excluding steroid dienone is 2. The van der Waals surface area contributed by atoms with E-state index in [0.29, 0.717) is 6.42 Å². The first-order valence-electron chi connectivity index (χ1n) is 6.85. The van der Waals surface area contributed by atoms with Gasteiger partial charge in [0.1, 0.15) is 0 Å². The van der Waals surface area contributed by atoms with Crippen molar-refractivity contribution in [2.45, 2.75) is 61.3 Å². The predicted octanol–water partition coefficient (Wildman–Crippen LogP) is 3.94. The summed E-state index contributed by atoms with van der Waals surface area (Å²) in [5.74, 6) is -0.281. The number of Topliss-reactive ketones (excluding diaryl/α,β-unsaturated/α-hetero) is 2. The van der Waals surface area contributed by atoms with Gasteiger partial charge in [-0.15, -0.1) is 0 Å². The highest BCUT2D eigenvalue weighted by Gasteiger charge is 2.47. The fourth-order valence-electron chi connectivity index (χ4n) is 2.75. The van der Waals surface area contributed by atoms with Gasteiger partial charge < -0.3 is 0 Å². The van der Waals surface area contributed by atoms with Gasteiger partial charge in [-0.25, -0.2) is 0 Å². The van der Waals surface area contributed by atoms with Crippen molar-refractivity contribution >= 4 is 11.6 Å². The van der Waals surface area contributed by atoms with Crippen LogP contribution in [-0.4, -0.2) is 11.6 Å². The highest BCUT2D eigenvalue weighted by molar-refractivity contribution is 6.25. The average molecular weight is 250 g/mol. The van der Waals surface area contributed by atoms with E-state index in [4.69, 9.17) is 0 Å². The maximum Gasteiger partial charge on any atom is 0.170 e. The van der Waals surface area contributed by atoms with E-state index in [1.165, 1.54) is 0 Å². The van der Waals surface area contributed by atoms with E-state index >= 15 is 0 Å². The molecule has 102 valence electrons. The molecule has 2 heteroatoms. The van der Waals surface area contributed by atoms with Crippen LogP contribution >= 0.6 is 0 Å². The van der Waals surface area contributed by atoms with E-state index in [2.05, 4.69) is 0 Å². The third-order valence-electron chi connectivity index (χ3n) is 3.45. The topological polar surface area (TPSA) is 34.1 Å². The largest absolute Gasteiger partial charge is 0.294 e. The summed E-state index contributed by atoms with van der Waals surface area (Å²) < 4.78 is 0. The molecule has 0 saturated carbocycles. The van der Waals surface area contributed by atoms with Crippen molar-refractivity contribution in [3.05, 3.63) is 11.1 Å². The summed E-state index contributed by atoms with van der Waals surface area (Å²) in [4.78, 5) is 25.1. The van der Waals surface area contributed by atoms with Gasteiger partial charge >= 0.3 is 0 Å². The van der Waals surface area contributed by atoms with Gasteiger partial charge in [0.05, 0.1) is 5.92 Å². The SMILES string of the molecule is CCCC1C(=O)C(C(C)(C)C)=C(C(C)(C)C)C1=O. The molecule has 0 aromatic heterocycles. The molecular weight excluding hydrogens is 224 g/mol. The van der Waals surface area contributed by atoms with Crippen LogP contribution in [0.4, 0.5) is 0 Å². The molecule has 0 radical (unpaired) electrons.